The number of carbonyl (C=O) groups excluding carboxylic acids is 2. The van der Waals surface area contributed by atoms with Gasteiger partial charge >= 0.3 is 0 Å². The summed E-state index contributed by atoms with van der Waals surface area (Å²) in [7, 11) is 0. The van der Waals surface area contributed by atoms with Crippen molar-refractivity contribution in [3.05, 3.63) is 97.8 Å². The number of furan rings is 1. The molecule has 2 amide bonds. The van der Waals surface area contributed by atoms with Gasteiger partial charge in [0.25, 0.3) is 5.91 Å². The standard InChI is InChI=1S/C29H23Cl3N4O3S2/c30-19-14-18(15-20(31)16-19)25-7-4-22(39-25)5-8-27(37)34-29(40)33-21-3-6-24(23(32)17-21)35-9-11-36(12-10-35)28(38)26-2-1-13-41-26/h1-8,13-17H,9-12H2,(H2,33,34,37,40)/b8-5+. The first-order chi connectivity index (χ1) is 19.7. The van der Waals surface area contributed by atoms with E-state index in [2.05, 4.69) is 15.5 Å². The van der Waals surface area contributed by atoms with Crippen LogP contribution in [-0.4, -0.2) is 48.0 Å². The molecule has 0 saturated carbocycles. The van der Waals surface area contributed by atoms with Crippen LogP contribution in [0, 0.1) is 0 Å². The Morgan fingerprint density at radius 1 is 0.951 bits per heavy atom. The Labute approximate surface area is 261 Å². The van der Waals surface area contributed by atoms with Crippen LogP contribution < -0.4 is 15.5 Å². The van der Waals surface area contributed by atoms with Crippen molar-refractivity contribution in [2.24, 2.45) is 0 Å². The second-order valence-corrected chi connectivity index (χ2v) is 11.7. The highest BCUT2D eigenvalue weighted by Gasteiger charge is 2.24. The van der Waals surface area contributed by atoms with E-state index in [1.165, 1.54) is 23.5 Å². The molecule has 0 atom stereocenters. The predicted molar refractivity (Wildman–Crippen MR) is 171 cm³/mol. The molecule has 2 N–H and O–H groups in total. The minimum Gasteiger partial charge on any atom is -0.457 e. The van der Waals surface area contributed by atoms with Gasteiger partial charge in [0.15, 0.2) is 5.11 Å². The molecular weight excluding hydrogens is 623 g/mol. The average molecular weight is 646 g/mol. The number of anilines is 2. The summed E-state index contributed by atoms with van der Waals surface area (Å²) >= 11 is 25.5. The molecule has 3 heterocycles. The molecule has 0 aliphatic carbocycles. The lowest BCUT2D eigenvalue weighted by molar-refractivity contribution is -0.115. The Morgan fingerprint density at radius 3 is 2.39 bits per heavy atom. The molecule has 1 aliphatic rings. The van der Waals surface area contributed by atoms with E-state index in [1.54, 1.807) is 36.4 Å². The number of nitrogens with one attached hydrogen (secondary N) is 2. The molecule has 0 spiro atoms. The van der Waals surface area contributed by atoms with Gasteiger partial charge in [-0.05, 0) is 78.3 Å². The van der Waals surface area contributed by atoms with Gasteiger partial charge in [-0.15, -0.1) is 11.3 Å². The van der Waals surface area contributed by atoms with Gasteiger partial charge in [-0.2, -0.15) is 0 Å². The lowest BCUT2D eigenvalue weighted by atomic mass is 10.2. The highest BCUT2D eigenvalue weighted by molar-refractivity contribution is 7.80. The maximum Gasteiger partial charge on any atom is 0.264 e. The Kier molecular flexibility index (Phi) is 9.32. The molecule has 1 fully saturated rings. The summed E-state index contributed by atoms with van der Waals surface area (Å²) in [5, 5.41) is 9.15. The van der Waals surface area contributed by atoms with Crippen LogP contribution in [-0.2, 0) is 4.79 Å². The van der Waals surface area contributed by atoms with Crippen molar-refractivity contribution >= 4 is 92.7 Å². The number of carbonyl (C=O) groups is 2. The number of thiocarbonyl (C=S) groups is 1. The summed E-state index contributed by atoms with van der Waals surface area (Å²) < 4.78 is 5.77. The number of thiophene rings is 1. The van der Waals surface area contributed by atoms with E-state index >= 15 is 0 Å². The van der Waals surface area contributed by atoms with Crippen LogP contribution in [0.4, 0.5) is 11.4 Å². The number of hydrogen-bond acceptors (Lipinski definition) is 6. The van der Waals surface area contributed by atoms with Gasteiger partial charge in [-0.3, -0.25) is 14.9 Å². The SMILES string of the molecule is O=C(/C=C/c1ccc(-c2cc(Cl)cc(Cl)c2)o1)NC(=S)Nc1ccc(N2CCN(C(=O)c3cccs3)CC2)c(Cl)c1. The fraction of sp³-hybridized carbons (Fsp3) is 0.138. The molecule has 5 rings (SSSR count). The minimum absolute atomic E-state index is 0.0625. The van der Waals surface area contributed by atoms with Crippen LogP contribution in [0.25, 0.3) is 17.4 Å². The molecule has 0 unspecified atom stereocenters. The highest BCUT2D eigenvalue weighted by Crippen LogP contribution is 2.31. The summed E-state index contributed by atoms with van der Waals surface area (Å²) in [5.74, 6) is 0.682. The topological polar surface area (TPSA) is 77.8 Å². The molecule has 0 bridgehead atoms. The normalized spacial score (nSPS) is 13.4. The van der Waals surface area contributed by atoms with Crippen LogP contribution in [0.2, 0.25) is 15.1 Å². The lowest BCUT2D eigenvalue weighted by Gasteiger charge is -2.36. The fourth-order valence-electron chi connectivity index (χ4n) is 4.32. The number of hydrogen-bond donors (Lipinski definition) is 2. The number of benzene rings is 2. The zero-order valence-electron chi connectivity index (χ0n) is 21.4. The van der Waals surface area contributed by atoms with Gasteiger partial charge in [-0.25, -0.2) is 0 Å². The van der Waals surface area contributed by atoms with Gasteiger partial charge in [0, 0.05) is 53.6 Å². The maximum atomic E-state index is 12.6. The van der Waals surface area contributed by atoms with Gasteiger partial charge < -0.3 is 19.5 Å². The molecule has 1 aliphatic heterocycles. The Balaban J connectivity index is 1.12. The Morgan fingerprint density at radius 2 is 1.71 bits per heavy atom. The quantitative estimate of drug-likeness (QED) is 0.168. The first-order valence-corrected chi connectivity index (χ1v) is 14.9. The third-order valence-electron chi connectivity index (χ3n) is 6.25. The van der Waals surface area contributed by atoms with Gasteiger partial charge in [0.2, 0.25) is 5.91 Å². The van der Waals surface area contributed by atoms with Gasteiger partial charge in [0.05, 0.1) is 15.6 Å². The van der Waals surface area contributed by atoms with Crippen LogP contribution in [0.15, 0.2) is 76.5 Å². The third kappa shape index (κ3) is 7.49. The van der Waals surface area contributed by atoms with Crippen molar-refractivity contribution in [1.29, 1.82) is 0 Å². The molecule has 7 nitrogen and oxygen atoms in total. The summed E-state index contributed by atoms with van der Waals surface area (Å²) in [6.45, 7) is 2.58. The van der Waals surface area contributed by atoms with E-state index in [0.717, 1.165) is 16.1 Å². The number of rotatable bonds is 6. The van der Waals surface area contributed by atoms with E-state index in [4.69, 9.17) is 51.4 Å². The van der Waals surface area contributed by atoms with Crippen molar-refractivity contribution in [2.75, 3.05) is 36.4 Å². The average Bonchev–Trinajstić information content (AvgIpc) is 3.64. The summed E-state index contributed by atoms with van der Waals surface area (Å²) in [6.07, 6.45) is 2.85. The van der Waals surface area contributed by atoms with E-state index in [0.29, 0.717) is 58.5 Å². The largest absolute Gasteiger partial charge is 0.457 e. The molecule has 1 saturated heterocycles. The van der Waals surface area contributed by atoms with Crippen molar-refractivity contribution in [3.63, 3.8) is 0 Å². The van der Waals surface area contributed by atoms with Crippen LogP contribution in [0.5, 0.6) is 0 Å². The first-order valence-electron chi connectivity index (χ1n) is 12.5. The van der Waals surface area contributed by atoms with Crippen molar-refractivity contribution in [2.45, 2.75) is 0 Å². The molecule has 2 aromatic carbocycles. The Bertz CT molecular complexity index is 1590. The number of piperazine rings is 1. The zero-order valence-corrected chi connectivity index (χ0v) is 25.3. The predicted octanol–water partition coefficient (Wildman–Crippen LogP) is 7.46. The third-order valence-corrected chi connectivity index (χ3v) is 8.06. The van der Waals surface area contributed by atoms with Gasteiger partial charge in [0.1, 0.15) is 11.5 Å². The van der Waals surface area contributed by atoms with E-state index < -0.39 is 5.91 Å². The maximum absolute atomic E-state index is 12.6. The lowest BCUT2D eigenvalue weighted by Crippen LogP contribution is -2.48. The van der Waals surface area contributed by atoms with Gasteiger partial charge in [-0.1, -0.05) is 40.9 Å². The second kappa shape index (κ2) is 13.1. The molecule has 0 radical (unpaired) electrons. The monoisotopic (exact) mass is 644 g/mol. The number of amides is 2. The smallest absolute Gasteiger partial charge is 0.264 e. The minimum atomic E-state index is -0.427. The van der Waals surface area contributed by atoms with Crippen LogP contribution in [0.3, 0.4) is 0 Å². The van der Waals surface area contributed by atoms with E-state index in [1.807, 2.05) is 34.5 Å². The second-order valence-electron chi connectivity index (χ2n) is 9.06. The van der Waals surface area contributed by atoms with E-state index in [-0.39, 0.29) is 11.0 Å². The fourth-order valence-corrected chi connectivity index (χ4v) is 6.05. The van der Waals surface area contributed by atoms with Crippen molar-refractivity contribution in [1.82, 2.24) is 10.2 Å². The molecular formula is C29H23Cl3N4O3S2. The summed E-state index contributed by atoms with van der Waals surface area (Å²) in [5.41, 5.74) is 2.24. The summed E-state index contributed by atoms with van der Waals surface area (Å²) in [4.78, 5) is 29.8. The highest BCUT2D eigenvalue weighted by atomic mass is 35.5. The number of nitrogens with zero attached hydrogens (tertiary/aromatic N) is 2. The molecule has 4 aromatic rings. The molecule has 41 heavy (non-hydrogen) atoms. The van der Waals surface area contributed by atoms with Crippen molar-refractivity contribution in [3.8, 4) is 11.3 Å². The number of halogens is 3. The van der Waals surface area contributed by atoms with Crippen LogP contribution in [0.1, 0.15) is 15.4 Å². The Hall–Kier alpha value is -3.34. The van der Waals surface area contributed by atoms with Crippen molar-refractivity contribution < 1.29 is 14.0 Å². The molecule has 12 heteroatoms. The van der Waals surface area contributed by atoms with Crippen LogP contribution >= 0.6 is 58.4 Å². The van der Waals surface area contributed by atoms with E-state index in [9.17, 15) is 9.59 Å². The molecule has 2 aromatic heterocycles. The molecule has 210 valence electrons. The zero-order chi connectivity index (χ0) is 28.9. The first kappa shape index (κ1) is 29.2. The summed E-state index contributed by atoms with van der Waals surface area (Å²) in [6, 6.07) is 17.8.